The van der Waals surface area contributed by atoms with Crippen molar-refractivity contribution in [2.75, 3.05) is 13.1 Å². The van der Waals surface area contributed by atoms with Crippen LogP contribution in [0.2, 0.25) is 0 Å². The molecule has 2 heterocycles. The first kappa shape index (κ1) is 14.5. The van der Waals surface area contributed by atoms with Crippen molar-refractivity contribution in [2.24, 2.45) is 5.73 Å². The van der Waals surface area contributed by atoms with Gasteiger partial charge in [-0.1, -0.05) is 0 Å². The third kappa shape index (κ3) is 3.33. The Hall–Kier alpha value is 0.0600. The zero-order chi connectivity index (χ0) is 13.3. The molecule has 1 saturated heterocycles. The van der Waals surface area contributed by atoms with Gasteiger partial charge in [0.1, 0.15) is 0 Å². The van der Waals surface area contributed by atoms with Crippen LogP contribution in [0.25, 0.3) is 0 Å². The first-order valence-electron chi connectivity index (χ1n) is 6.36. The molecule has 1 fully saturated rings. The topological polar surface area (TPSA) is 38.5 Å². The minimum atomic E-state index is 0.119. The van der Waals surface area contributed by atoms with E-state index in [-0.39, 0.29) is 24.3 Å². The van der Waals surface area contributed by atoms with Crippen LogP contribution in [0.15, 0.2) is 15.9 Å². The van der Waals surface area contributed by atoms with Crippen LogP contribution in [0.1, 0.15) is 31.7 Å². The summed E-state index contributed by atoms with van der Waals surface area (Å²) in [5.74, 6) is 0. The maximum absolute atomic E-state index is 6.21. The zero-order valence-corrected chi connectivity index (χ0v) is 13.5. The van der Waals surface area contributed by atoms with Crippen molar-refractivity contribution < 1.29 is 4.74 Å². The second kappa shape index (κ2) is 6.01. The number of thiophene rings is 1. The molecule has 1 aromatic rings. The molecule has 2 unspecified atom stereocenters. The molecule has 2 N–H and O–H groups in total. The van der Waals surface area contributed by atoms with E-state index in [1.54, 1.807) is 11.3 Å². The monoisotopic (exact) mass is 332 g/mol. The Balaban J connectivity index is 2.19. The summed E-state index contributed by atoms with van der Waals surface area (Å²) in [5.41, 5.74) is 6.21. The van der Waals surface area contributed by atoms with E-state index in [2.05, 4.69) is 53.0 Å². The number of rotatable bonds is 3. The maximum Gasteiger partial charge on any atom is 0.0678 e. The van der Waals surface area contributed by atoms with Crippen LogP contribution in [0, 0.1) is 0 Å². The van der Waals surface area contributed by atoms with Crippen molar-refractivity contribution in [3.8, 4) is 0 Å². The van der Waals surface area contributed by atoms with Crippen LogP contribution in [0.3, 0.4) is 0 Å². The van der Waals surface area contributed by atoms with E-state index in [1.165, 1.54) is 4.88 Å². The predicted octanol–water partition coefficient (Wildman–Crippen LogP) is 3.01. The molecule has 18 heavy (non-hydrogen) atoms. The van der Waals surface area contributed by atoms with Gasteiger partial charge in [-0.3, -0.25) is 4.90 Å². The van der Waals surface area contributed by atoms with Gasteiger partial charge in [0.15, 0.2) is 0 Å². The summed E-state index contributed by atoms with van der Waals surface area (Å²) >= 11 is 5.30. The Morgan fingerprint density at radius 1 is 1.44 bits per heavy atom. The summed E-state index contributed by atoms with van der Waals surface area (Å²) in [4.78, 5) is 3.79. The molecule has 3 nitrogen and oxygen atoms in total. The summed E-state index contributed by atoms with van der Waals surface area (Å²) < 4.78 is 6.94. The van der Waals surface area contributed by atoms with Crippen LogP contribution in [-0.4, -0.2) is 36.2 Å². The van der Waals surface area contributed by atoms with Crippen molar-refractivity contribution in [2.45, 2.75) is 45.1 Å². The Morgan fingerprint density at radius 2 is 2.06 bits per heavy atom. The molecule has 0 bridgehead atoms. The van der Waals surface area contributed by atoms with Gasteiger partial charge in [0, 0.05) is 33.9 Å². The molecule has 0 aromatic carbocycles. The molecule has 0 saturated carbocycles. The van der Waals surface area contributed by atoms with Crippen LogP contribution in [-0.2, 0) is 4.74 Å². The van der Waals surface area contributed by atoms with E-state index in [4.69, 9.17) is 10.5 Å². The van der Waals surface area contributed by atoms with Crippen LogP contribution in [0.4, 0.5) is 0 Å². The SMILES string of the molecule is CC(N)C(c1cc(Br)cs1)N1C[C@@H](C)O[C@@H](C)C1. The molecular formula is C13H21BrN2OS. The lowest BCUT2D eigenvalue weighted by molar-refractivity contribution is -0.0827. The molecule has 0 spiro atoms. The van der Waals surface area contributed by atoms with E-state index in [1.807, 2.05) is 0 Å². The van der Waals surface area contributed by atoms with Crippen molar-refractivity contribution in [1.29, 1.82) is 0 Å². The average Bonchev–Trinajstić information content (AvgIpc) is 2.62. The third-order valence-corrected chi connectivity index (χ3v) is 4.98. The van der Waals surface area contributed by atoms with Gasteiger partial charge in [-0.2, -0.15) is 0 Å². The average molecular weight is 333 g/mol. The number of ether oxygens (including phenoxy) is 1. The van der Waals surface area contributed by atoms with Gasteiger partial charge in [-0.15, -0.1) is 11.3 Å². The lowest BCUT2D eigenvalue weighted by Gasteiger charge is -2.41. The number of halogens is 1. The maximum atomic E-state index is 6.21. The lowest BCUT2D eigenvalue weighted by atomic mass is 10.0. The molecule has 1 aliphatic heterocycles. The van der Waals surface area contributed by atoms with Gasteiger partial charge >= 0.3 is 0 Å². The van der Waals surface area contributed by atoms with Gasteiger partial charge < -0.3 is 10.5 Å². The smallest absolute Gasteiger partial charge is 0.0678 e. The van der Waals surface area contributed by atoms with Crippen LogP contribution >= 0.6 is 27.3 Å². The minimum Gasteiger partial charge on any atom is -0.373 e. The summed E-state index contributed by atoms with van der Waals surface area (Å²) in [6.07, 6.45) is 0.553. The number of nitrogens with two attached hydrogens (primary N) is 1. The van der Waals surface area contributed by atoms with Crippen LogP contribution < -0.4 is 5.73 Å². The highest BCUT2D eigenvalue weighted by atomic mass is 79.9. The van der Waals surface area contributed by atoms with Crippen molar-refractivity contribution >= 4 is 27.3 Å². The van der Waals surface area contributed by atoms with Crippen LogP contribution in [0.5, 0.6) is 0 Å². The predicted molar refractivity (Wildman–Crippen MR) is 80.0 cm³/mol. The second-order valence-electron chi connectivity index (χ2n) is 5.18. The Bertz CT molecular complexity index is 386. The molecule has 1 aliphatic rings. The van der Waals surface area contributed by atoms with Gasteiger partial charge in [0.05, 0.1) is 18.2 Å². The molecule has 0 amide bonds. The normalized spacial score (nSPS) is 29.2. The number of morpholine rings is 1. The van der Waals surface area contributed by atoms with E-state index >= 15 is 0 Å². The number of hydrogen-bond acceptors (Lipinski definition) is 4. The zero-order valence-electron chi connectivity index (χ0n) is 11.1. The highest BCUT2D eigenvalue weighted by Crippen LogP contribution is 2.33. The van der Waals surface area contributed by atoms with Crippen molar-refractivity contribution in [3.63, 3.8) is 0 Å². The second-order valence-corrected chi connectivity index (χ2v) is 7.04. The first-order chi connectivity index (χ1) is 8.47. The summed E-state index contributed by atoms with van der Waals surface area (Å²) in [6, 6.07) is 2.59. The summed E-state index contributed by atoms with van der Waals surface area (Å²) in [6.45, 7) is 8.25. The Labute approximate surface area is 121 Å². The van der Waals surface area contributed by atoms with E-state index < -0.39 is 0 Å². The first-order valence-corrected chi connectivity index (χ1v) is 8.03. The Kier molecular flexibility index (Phi) is 4.83. The molecule has 4 atom stereocenters. The summed E-state index contributed by atoms with van der Waals surface area (Å²) in [5, 5.41) is 2.12. The van der Waals surface area contributed by atoms with Crippen molar-refractivity contribution in [1.82, 2.24) is 4.90 Å². The fourth-order valence-corrected chi connectivity index (χ4v) is 4.39. The highest BCUT2D eigenvalue weighted by Gasteiger charge is 2.31. The molecular weight excluding hydrogens is 312 g/mol. The number of nitrogens with zero attached hydrogens (tertiary/aromatic N) is 1. The van der Waals surface area contributed by atoms with E-state index in [0.29, 0.717) is 0 Å². The van der Waals surface area contributed by atoms with Gasteiger partial charge in [-0.05, 0) is 42.8 Å². The molecule has 5 heteroatoms. The van der Waals surface area contributed by atoms with Gasteiger partial charge in [0.25, 0.3) is 0 Å². The van der Waals surface area contributed by atoms with Gasteiger partial charge in [0.2, 0.25) is 0 Å². The largest absolute Gasteiger partial charge is 0.373 e. The molecule has 102 valence electrons. The standard InChI is InChI=1S/C13H21BrN2OS/c1-8-5-16(6-9(2)17-8)13(10(3)15)12-4-11(14)7-18-12/h4,7-10,13H,5-6,15H2,1-3H3/t8-,9+,10?,13?. The Morgan fingerprint density at radius 3 is 2.50 bits per heavy atom. The van der Waals surface area contributed by atoms with E-state index in [0.717, 1.165) is 17.6 Å². The molecule has 0 radical (unpaired) electrons. The van der Waals surface area contributed by atoms with Crippen molar-refractivity contribution in [3.05, 3.63) is 20.8 Å². The molecule has 0 aliphatic carbocycles. The fraction of sp³-hybridized carbons (Fsp3) is 0.692. The highest BCUT2D eigenvalue weighted by molar-refractivity contribution is 9.10. The third-order valence-electron chi connectivity index (χ3n) is 3.22. The quantitative estimate of drug-likeness (QED) is 0.924. The lowest BCUT2D eigenvalue weighted by Crippen LogP contribution is -2.50. The minimum absolute atomic E-state index is 0.119. The van der Waals surface area contributed by atoms with E-state index in [9.17, 15) is 0 Å². The fourth-order valence-electron chi connectivity index (χ4n) is 2.70. The molecule has 1 aromatic heterocycles. The van der Waals surface area contributed by atoms with Gasteiger partial charge in [-0.25, -0.2) is 0 Å². The molecule has 2 rings (SSSR count). The summed E-state index contributed by atoms with van der Waals surface area (Å²) in [7, 11) is 0. The number of hydrogen-bond donors (Lipinski definition) is 1.